The van der Waals surface area contributed by atoms with Gasteiger partial charge in [-0.3, -0.25) is 4.98 Å². The van der Waals surface area contributed by atoms with Crippen LogP contribution in [0.25, 0.3) is 11.1 Å². The molecular weight excluding hydrogens is 313 g/mol. The monoisotopic (exact) mass is 331 g/mol. The van der Waals surface area contributed by atoms with Crippen LogP contribution in [0.1, 0.15) is 0 Å². The third-order valence-electron chi connectivity index (χ3n) is 3.16. The fourth-order valence-electron chi connectivity index (χ4n) is 2.15. The number of rotatable bonds is 2. The number of aromatic nitrogens is 1. The van der Waals surface area contributed by atoms with Gasteiger partial charge in [0.05, 0.1) is 21.2 Å². The van der Waals surface area contributed by atoms with Crippen molar-refractivity contribution < 1.29 is 4.42 Å². The normalized spacial score (nSPS) is 13.3. The average Bonchev–Trinajstić information content (AvgIpc) is 2.52. The lowest BCUT2D eigenvalue weighted by Gasteiger charge is -2.18. The van der Waals surface area contributed by atoms with Gasteiger partial charge in [0.1, 0.15) is 5.52 Å². The number of pyridine rings is 1. The summed E-state index contributed by atoms with van der Waals surface area (Å²) in [5, 5.41) is 3.33. The average molecular weight is 332 g/mol. The summed E-state index contributed by atoms with van der Waals surface area (Å²) in [6, 6.07) is 0. The van der Waals surface area contributed by atoms with E-state index in [2.05, 4.69) is 44.3 Å². The fourth-order valence-corrected chi connectivity index (χ4v) is 6.95. The molecule has 0 fully saturated rings. The number of halogens is 2. The summed E-state index contributed by atoms with van der Waals surface area (Å²) in [5.41, 5.74) is 1.50. The molecule has 0 bridgehead atoms. The number of hydrogen-bond donors (Lipinski definition) is 0. The molecule has 0 spiro atoms. The molecule has 2 nitrogen and oxygen atoms in total. The summed E-state index contributed by atoms with van der Waals surface area (Å²) in [6.45, 7) is 13.4. The molecule has 2 heterocycles. The van der Waals surface area contributed by atoms with Crippen LogP contribution < -0.4 is 10.4 Å². The number of nitrogens with zero attached hydrogens (tertiary/aromatic N) is 1. The Bertz CT molecular complexity index is 639. The highest BCUT2D eigenvalue weighted by molar-refractivity contribution is 6.92. The van der Waals surface area contributed by atoms with E-state index in [0.29, 0.717) is 15.8 Å². The van der Waals surface area contributed by atoms with E-state index in [1.807, 2.05) is 6.20 Å². The zero-order valence-electron chi connectivity index (χ0n) is 12.2. The van der Waals surface area contributed by atoms with Crippen LogP contribution in [-0.2, 0) is 0 Å². The number of furan rings is 1. The van der Waals surface area contributed by atoms with Gasteiger partial charge in [-0.2, -0.15) is 0 Å². The maximum atomic E-state index is 6.52. The second kappa shape index (κ2) is 4.62. The van der Waals surface area contributed by atoms with Gasteiger partial charge in [-0.05, 0) is 16.8 Å². The Morgan fingerprint density at radius 3 is 2.05 bits per heavy atom. The first kappa shape index (κ1) is 15.1. The van der Waals surface area contributed by atoms with Crippen molar-refractivity contribution in [3.63, 3.8) is 0 Å². The molecule has 0 saturated heterocycles. The lowest BCUT2D eigenvalue weighted by molar-refractivity contribution is 0.620. The van der Waals surface area contributed by atoms with Crippen LogP contribution in [0.5, 0.6) is 0 Å². The van der Waals surface area contributed by atoms with Crippen LogP contribution in [0.15, 0.2) is 10.6 Å². The van der Waals surface area contributed by atoms with Gasteiger partial charge in [0, 0.05) is 11.4 Å². The molecule has 0 aliphatic carbocycles. The molecule has 0 aliphatic heterocycles. The smallest absolute Gasteiger partial charge is 0.195 e. The van der Waals surface area contributed by atoms with E-state index >= 15 is 0 Å². The molecule has 104 valence electrons. The Hall–Kier alpha value is -0.296. The quantitative estimate of drug-likeness (QED) is 0.770. The molecule has 19 heavy (non-hydrogen) atoms. The van der Waals surface area contributed by atoms with Crippen LogP contribution >= 0.6 is 23.2 Å². The van der Waals surface area contributed by atoms with Gasteiger partial charge in [0.15, 0.2) is 10.8 Å². The maximum Gasteiger partial charge on any atom is 0.195 e. The Morgan fingerprint density at radius 1 is 1.00 bits per heavy atom. The van der Waals surface area contributed by atoms with E-state index in [1.54, 1.807) is 0 Å². The van der Waals surface area contributed by atoms with E-state index in [4.69, 9.17) is 27.6 Å². The first-order valence-electron chi connectivity index (χ1n) is 6.31. The molecule has 0 N–H and O–H groups in total. The van der Waals surface area contributed by atoms with Gasteiger partial charge in [-0.15, -0.1) is 0 Å². The first-order chi connectivity index (χ1) is 8.53. The number of hydrogen-bond acceptors (Lipinski definition) is 2. The second-order valence-corrected chi connectivity index (χ2v) is 17.7. The van der Waals surface area contributed by atoms with Crippen molar-refractivity contribution in [2.24, 2.45) is 0 Å². The van der Waals surface area contributed by atoms with Crippen LogP contribution in [0.3, 0.4) is 0 Å². The summed E-state index contributed by atoms with van der Waals surface area (Å²) in [4.78, 5) is 4.60. The molecule has 0 unspecified atom stereocenters. The zero-order chi connectivity index (χ0) is 14.6. The Balaban J connectivity index is 2.82. The molecule has 2 aromatic heterocycles. The van der Waals surface area contributed by atoms with E-state index in [0.717, 1.165) is 15.9 Å². The molecule has 0 saturated carbocycles. The third kappa shape index (κ3) is 2.64. The van der Waals surface area contributed by atoms with Crippen LogP contribution in [0, 0.1) is 0 Å². The minimum absolute atomic E-state index is 0.455. The second-order valence-electron chi connectivity index (χ2n) is 6.91. The maximum absolute atomic E-state index is 6.52. The predicted molar refractivity (Wildman–Crippen MR) is 90.0 cm³/mol. The van der Waals surface area contributed by atoms with Gasteiger partial charge in [0.2, 0.25) is 0 Å². The Kier molecular flexibility index (Phi) is 3.67. The fraction of sp³-hybridized carbons (Fsp3) is 0.462. The molecular formula is C13H19Cl2NOSi2. The van der Waals surface area contributed by atoms with Gasteiger partial charge in [0.25, 0.3) is 0 Å². The zero-order valence-corrected chi connectivity index (χ0v) is 15.7. The van der Waals surface area contributed by atoms with Gasteiger partial charge in [-0.1, -0.05) is 50.9 Å². The lowest BCUT2D eigenvalue weighted by Crippen LogP contribution is -2.40. The topological polar surface area (TPSA) is 26.0 Å². The summed E-state index contributed by atoms with van der Waals surface area (Å²) in [7, 11) is -3.15. The van der Waals surface area contributed by atoms with Crippen molar-refractivity contribution in [2.75, 3.05) is 0 Å². The molecule has 0 aromatic carbocycles. The van der Waals surface area contributed by atoms with Crippen molar-refractivity contribution in [3.05, 3.63) is 16.4 Å². The van der Waals surface area contributed by atoms with E-state index in [-0.39, 0.29) is 0 Å². The molecule has 0 atom stereocenters. The molecule has 2 aromatic rings. The molecule has 0 aliphatic rings. The van der Waals surface area contributed by atoms with E-state index in [9.17, 15) is 0 Å². The van der Waals surface area contributed by atoms with Gasteiger partial charge >= 0.3 is 0 Å². The highest BCUT2D eigenvalue weighted by atomic mass is 35.5. The minimum atomic E-state index is -1.61. The van der Waals surface area contributed by atoms with Crippen molar-refractivity contribution in [3.8, 4) is 0 Å². The predicted octanol–water partition coefficient (Wildman–Crippen LogP) is 4.23. The highest BCUT2D eigenvalue weighted by Crippen LogP contribution is 2.28. The molecule has 2 rings (SSSR count). The van der Waals surface area contributed by atoms with Crippen LogP contribution in [-0.4, -0.2) is 21.1 Å². The van der Waals surface area contributed by atoms with Crippen molar-refractivity contribution >= 4 is 60.8 Å². The van der Waals surface area contributed by atoms with Crippen molar-refractivity contribution in [1.29, 1.82) is 0 Å². The molecule has 6 heteroatoms. The Labute approximate surface area is 126 Å². The SMILES string of the molecule is C[Si](C)(C)c1cnc2c([Si](C)(C)C)c(Cl)oc2c1Cl. The third-order valence-corrected chi connectivity index (χ3v) is 8.07. The minimum Gasteiger partial charge on any atom is -0.442 e. The van der Waals surface area contributed by atoms with E-state index in [1.165, 1.54) is 0 Å². The van der Waals surface area contributed by atoms with Crippen molar-refractivity contribution in [2.45, 2.75) is 39.3 Å². The summed E-state index contributed by atoms with van der Waals surface area (Å²) in [6.07, 6.45) is 1.91. The van der Waals surface area contributed by atoms with Gasteiger partial charge in [-0.25, -0.2) is 0 Å². The van der Waals surface area contributed by atoms with Crippen molar-refractivity contribution in [1.82, 2.24) is 4.98 Å². The number of fused-ring (bicyclic) bond motifs is 1. The summed E-state index contributed by atoms with van der Waals surface area (Å²) < 4.78 is 5.72. The standard InChI is InChI=1S/C13H19Cl2NOSi2/c1-18(2,3)8-7-16-10-11(9(8)14)17-13(15)12(10)19(4,5)6/h7H,1-6H3. The van der Waals surface area contributed by atoms with Crippen LogP contribution in [0.4, 0.5) is 0 Å². The van der Waals surface area contributed by atoms with Crippen LogP contribution in [0.2, 0.25) is 49.5 Å². The molecule has 0 radical (unpaired) electrons. The summed E-state index contributed by atoms with van der Waals surface area (Å²) >= 11 is 12.8. The van der Waals surface area contributed by atoms with E-state index < -0.39 is 16.1 Å². The Morgan fingerprint density at radius 2 is 1.58 bits per heavy atom. The largest absolute Gasteiger partial charge is 0.442 e. The molecule has 0 amide bonds. The highest BCUT2D eigenvalue weighted by Gasteiger charge is 2.30. The lowest BCUT2D eigenvalue weighted by atomic mass is 10.4. The summed E-state index contributed by atoms with van der Waals surface area (Å²) in [5.74, 6) is 0. The first-order valence-corrected chi connectivity index (χ1v) is 14.1. The van der Waals surface area contributed by atoms with Gasteiger partial charge < -0.3 is 4.42 Å².